The highest BCUT2D eigenvalue weighted by molar-refractivity contribution is 5.93. The van der Waals surface area contributed by atoms with Crippen LogP contribution in [0.5, 0.6) is 0 Å². The molecule has 1 atom stereocenters. The van der Waals surface area contributed by atoms with Crippen LogP contribution in [0.15, 0.2) is 6.33 Å². The Balaban J connectivity index is 1.68. The molecule has 2 N–H and O–H groups in total. The van der Waals surface area contributed by atoms with E-state index in [1.54, 1.807) is 6.33 Å². The van der Waals surface area contributed by atoms with Crippen molar-refractivity contribution in [2.75, 3.05) is 26.2 Å². The van der Waals surface area contributed by atoms with E-state index in [0.29, 0.717) is 18.7 Å². The lowest BCUT2D eigenvalue weighted by atomic mass is 9.95. The van der Waals surface area contributed by atoms with Crippen molar-refractivity contribution in [1.29, 1.82) is 0 Å². The number of aliphatic hydroxyl groups excluding tert-OH is 1. The minimum absolute atomic E-state index is 0.00634. The van der Waals surface area contributed by atoms with Crippen molar-refractivity contribution in [2.45, 2.75) is 32.2 Å². The Kier molecular flexibility index (Phi) is 4.42. The zero-order valence-corrected chi connectivity index (χ0v) is 12.6. The number of fused-ring (bicyclic) bond motifs is 1. The highest BCUT2D eigenvalue weighted by atomic mass is 16.3. The predicted molar refractivity (Wildman–Crippen MR) is 79.3 cm³/mol. The van der Waals surface area contributed by atoms with Crippen molar-refractivity contribution in [3.05, 3.63) is 17.7 Å². The number of aliphatic hydroxyl groups is 1. The van der Waals surface area contributed by atoms with E-state index in [1.807, 2.05) is 9.47 Å². The summed E-state index contributed by atoms with van der Waals surface area (Å²) in [6.45, 7) is 2.49. The quantitative estimate of drug-likeness (QED) is 0.806. The van der Waals surface area contributed by atoms with Gasteiger partial charge in [-0.3, -0.25) is 9.59 Å². The average Bonchev–Trinajstić information content (AvgIpc) is 3.20. The van der Waals surface area contributed by atoms with E-state index in [9.17, 15) is 9.59 Å². The van der Waals surface area contributed by atoms with Gasteiger partial charge < -0.3 is 19.9 Å². The number of nitrogens with one attached hydrogen (secondary N) is 1. The van der Waals surface area contributed by atoms with E-state index < -0.39 is 0 Å². The number of imidazole rings is 1. The van der Waals surface area contributed by atoms with Crippen molar-refractivity contribution in [1.82, 2.24) is 19.8 Å². The molecule has 1 saturated heterocycles. The second kappa shape index (κ2) is 6.48. The summed E-state index contributed by atoms with van der Waals surface area (Å²) in [7, 11) is 0. The first kappa shape index (κ1) is 15.0. The third-order valence-corrected chi connectivity index (χ3v) is 4.47. The molecule has 3 heterocycles. The Morgan fingerprint density at radius 2 is 2.14 bits per heavy atom. The van der Waals surface area contributed by atoms with Crippen molar-refractivity contribution < 1.29 is 14.7 Å². The molecular formula is C15H22N4O3. The van der Waals surface area contributed by atoms with Crippen LogP contribution in [-0.4, -0.2) is 57.6 Å². The van der Waals surface area contributed by atoms with E-state index in [2.05, 4.69) is 10.3 Å². The Labute approximate surface area is 129 Å². The number of amides is 2. The van der Waals surface area contributed by atoms with Gasteiger partial charge in [-0.1, -0.05) is 0 Å². The summed E-state index contributed by atoms with van der Waals surface area (Å²) in [5.74, 6) is -0.0246. The van der Waals surface area contributed by atoms with Crippen molar-refractivity contribution in [3.63, 3.8) is 0 Å². The van der Waals surface area contributed by atoms with Crippen LogP contribution in [0, 0.1) is 5.92 Å². The van der Waals surface area contributed by atoms with Gasteiger partial charge in [0, 0.05) is 26.2 Å². The Hall–Kier alpha value is -1.89. The van der Waals surface area contributed by atoms with E-state index in [1.165, 1.54) is 0 Å². The molecule has 0 saturated carbocycles. The third-order valence-electron chi connectivity index (χ3n) is 4.47. The molecule has 2 amide bonds. The van der Waals surface area contributed by atoms with Crippen LogP contribution in [0.2, 0.25) is 0 Å². The maximum atomic E-state index is 12.5. The van der Waals surface area contributed by atoms with E-state index in [0.717, 1.165) is 38.0 Å². The lowest BCUT2D eigenvalue weighted by molar-refractivity contribution is -0.135. The Morgan fingerprint density at radius 1 is 1.36 bits per heavy atom. The molecule has 2 aliphatic rings. The molecule has 1 fully saturated rings. The number of carbonyl (C=O) groups is 2. The number of aromatic nitrogens is 2. The molecule has 3 rings (SSSR count). The molecule has 0 aliphatic carbocycles. The van der Waals surface area contributed by atoms with Gasteiger partial charge in [0.15, 0.2) is 0 Å². The van der Waals surface area contributed by atoms with Crippen molar-refractivity contribution >= 4 is 11.8 Å². The highest BCUT2D eigenvalue weighted by Crippen LogP contribution is 2.25. The van der Waals surface area contributed by atoms with Gasteiger partial charge in [-0.15, -0.1) is 0 Å². The maximum absolute atomic E-state index is 12.5. The number of hydrogen-bond donors (Lipinski definition) is 2. The molecule has 22 heavy (non-hydrogen) atoms. The number of nitrogens with zero attached hydrogens (tertiary/aromatic N) is 3. The minimum atomic E-state index is -0.257. The van der Waals surface area contributed by atoms with Crippen LogP contribution < -0.4 is 5.32 Å². The smallest absolute Gasteiger partial charge is 0.271 e. The molecular weight excluding hydrogens is 284 g/mol. The monoisotopic (exact) mass is 306 g/mol. The fraction of sp³-hybridized carbons (Fsp3) is 0.667. The molecule has 0 spiro atoms. The second-order valence-corrected chi connectivity index (χ2v) is 5.94. The topological polar surface area (TPSA) is 87.5 Å². The summed E-state index contributed by atoms with van der Waals surface area (Å²) in [4.78, 5) is 30.6. The SMILES string of the molecule is O=C(NCCO)c1ncn2c1CCC(C(=O)N1CCCC1)C2. The largest absolute Gasteiger partial charge is 0.395 e. The van der Waals surface area contributed by atoms with Gasteiger partial charge in [0.05, 0.1) is 24.5 Å². The maximum Gasteiger partial charge on any atom is 0.271 e. The fourth-order valence-electron chi connectivity index (χ4n) is 3.31. The Bertz CT molecular complexity index is 563. The van der Waals surface area contributed by atoms with Crippen LogP contribution in [0.4, 0.5) is 0 Å². The average molecular weight is 306 g/mol. The van der Waals surface area contributed by atoms with Gasteiger partial charge in [0.25, 0.3) is 5.91 Å². The number of rotatable bonds is 4. The minimum Gasteiger partial charge on any atom is -0.395 e. The number of hydrogen-bond acceptors (Lipinski definition) is 4. The lowest BCUT2D eigenvalue weighted by Gasteiger charge is -2.27. The summed E-state index contributed by atoms with van der Waals surface area (Å²) in [5, 5.41) is 11.4. The molecule has 120 valence electrons. The zero-order valence-electron chi connectivity index (χ0n) is 12.6. The zero-order chi connectivity index (χ0) is 15.5. The van der Waals surface area contributed by atoms with Gasteiger partial charge in [-0.05, 0) is 25.7 Å². The molecule has 7 nitrogen and oxygen atoms in total. The van der Waals surface area contributed by atoms with Crippen LogP contribution in [0.1, 0.15) is 35.4 Å². The van der Waals surface area contributed by atoms with Crippen LogP contribution in [-0.2, 0) is 17.8 Å². The van der Waals surface area contributed by atoms with Crippen molar-refractivity contribution in [3.8, 4) is 0 Å². The number of carbonyl (C=O) groups excluding carboxylic acids is 2. The first-order valence-corrected chi connectivity index (χ1v) is 7.92. The van der Waals surface area contributed by atoms with Gasteiger partial charge in [-0.25, -0.2) is 4.98 Å². The summed E-state index contributed by atoms with van der Waals surface area (Å²) >= 11 is 0. The summed E-state index contributed by atoms with van der Waals surface area (Å²) < 4.78 is 1.93. The fourth-order valence-corrected chi connectivity index (χ4v) is 3.31. The van der Waals surface area contributed by atoms with Crippen molar-refractivity contribution in [2.24, 2.45) is 5.92 Å². The van der Waals surface area contributed by atoms with Crippen LogP contribution in [0.3, 0.4) is 0 Å². The van der Waals surface area contributed by atoms with Gasteiger partial charge in [0.2, 0.25) is 5.91 Å². The van der Waals surface area contributed by atoms with Gasteiger partial charge in [-0.2, -0.15) is 0 Å². The third kappa shape index (κ3) is 2.85. The molecule has 0 radical (unpaired) electrons. The summed E-state index contributed by atoms with van der Waals surface area (Å²) in [6.07, 6.45) is 5.30. The first-order chi connectivity index (χ1) is 10.7. The number of likely N-dealkylation sites (tertiary alicyclic amines) is 1. The second-order valence-electron chi connectivity index (χ2n) is 5.94. The highest BCUT2D eigenvalue weighted by Gasteiger charge is 2.31. The van der Waals surface area contributed by atoms with Crippen LogP contribution in [0.25, 0.3) is 0 Å². The summed E-state index contributed by atoms with van der Waals surface area (Å²) in [6, 6.07) is 0. The molecule has 2 aliphatic heterocycles. The van der Waals surface area contributed by atoms with E-state index in [4.69, 9.17) is 5.11 Å². The normalized spacial score (nSPS) is 20.8. The Morgan fingerprint density at radius 3 is 2.86 bits per heavy atom. The lowest BCUT2D eigenvalue weighted by Crippen LogP contribution is -2.38. The molecule has 1 aromatic rings. The van der Waals surface area contributed by atoms with E-state index in [-0.39, 0.29) is 30.9 Å². The standard InChI is InChI=1S/C15H22N4O3/c20-8-5-16-14(21)13-12-4-3-11(9-19(12)10-17-13)15(22)18-6-1-2-7-18/h10-11,20H,1-9H2,(H,16,21). The first-order valence-electron chi connectivity index (χ1n) is 7.92. The molecule has 0 aromatic carbocycles. The van der Waals surface area contributed by atoms with Gasteiger partial charge in [0.1, 0.15) is 5.69 Å². The molecule has 1 aromatic heterocycles. The molecule has 1 unspecified atom stereocenters. The molecule has 0 bridgehead atoms. The summed E-state index contributed by atoms with van der Waals surface area (Å²) in [5.41, 5.74) is 1.31. The van der Waals surface area contributed by atoms with Crippen LogP contribution >= 0.6 is 0 Å². The molecule has 7 heteroatoms. The van der Waals surface area contributed by atoms with Gasteiger partial charge >= 0.3 is 0 Å². The predicted octanol–water partition coefficient (Wildman–Crippen LogP) is -0.210. The van der Waals surface area contributed by atoms with E-state index >= 15 is 0 Å².